The molecule has 2 atom stereocenters. The standard InChI is InChI=1S/C13H13ClFNO3/c1-7-4-9(7)13(18)19-6-12(17)16-11-3-2-8(14)5-10(11)15/h2-3,5,7,9H,4,6H2,1H3,(H,16,17). The minimum Gasteiger partial charge on any atom is -0.455 e. The molecule has 6 heteroatoms. The second-order valence-electron chi connectivity index (χ2n) is 4.60. The first kappa shape index (κ1) is 13.8. The summed E-state index contributed by atoms with van der Waals surface area (Å²) in [4.78, 5) is 22.9. The van der Waals surface area contributed by atoms with Gasteiger partial charge in [-0.25, -0.2) is 4.39 Å². The zero-order valence-electron chi connectivity index (χ0n) is 10.3. The maximum atomic E-state index is 13.4. The molecular formula is C13H13ClFNO3. The Morgan fingerprint density at radius 1 is 1.53 bits per heavy atom. The lowest BCUT2D eigenvalue weighted by Gasteiger charge is -2.07. The van der Waals surface area contributed by atoms with E-state index in [1.54, 1.807) is 0 Å². The Labute approximate surface area is 114 Å². The van der Waals surface area contributed by atoms with E-state index in [9.17, 15) is 14.0 Å². The molecule has 0 radical (unpaired) electrons. The molecule has 2 unspecified atom stereocenters. The number of halogens is 2. The SMILES string of the molecule is CC1CC1C(=O)OCC(=O)Nc1ccc(Cl)cc1F. The Morgan fingerprint density at radius 2 is 2.21 bits per heavy atom. The van der Waals surface area contributed by atoms with Crippen LogP contribution in [-0.2, 0) is 14.3 Å². The molecule has 0 bridgehead atoms. The van der Waals surface area contributed by atoms with E-state index in [1.807, 2.05) is 6.92 Å². The number of ether oxygens (including phenoxy) is 1. The third-order valence-electron chi connectivity index (χ3n) is 2.96. The second kappa shape index (κ2) is 5.57. The number of benzene rings is 1. The average Bonchev–Trinajstić information content (AvgIpc) is 3.07. The maximum Gasteiger partial charge on any atom is 0.309 e. The van der Waals surface area contributed by atoms with E-state index in [2.05, 4.69) is 5.32 Å². The predicted molar refractivity (Wildman–Crippen MR) is 68.3 cm³/mol. The molecule has 1 amide bonds. The van der Waals surface area contributed by atoms with Crippen molar-refractivity contribution in [2.45, 2.75) is 13.3 Å². The molecule has 0 heterocycles. The molecule has 1 aromatic carbocycles. The van der Waals surface area contributed by atoms with Crippen LogP contribution < -0.4 is 5.32 Å². The van der Waals surface area contributed by atoms with Crippen LogP contribution in [0.15, 0.2) is 18.2 Å². The van der Waals surface area contributed by atoms with Gasteiger partial charge in [-0.1, -0.05) is 18.5 Å². The Balaban J connectivity index is 1.82. The maximum absolute atomic E-state index is 13.4. The summed E-state index contributed by atoms with van der Waals surface area (Å²) < 4.78 is 18.2. The molecule has 1 aliphatic carbocycles. The fourth-order valence-corrected chi connectivity index (χ4v) is 1.83. The van der Waals surface area contributed by atoms with E-state index in [4.69, 9.17) is 16.3 Å². The molecule has 1 saturated carbocycles. The van der Waals surface area contributed by atoms with Gasteiger partial charge in [0.15, 0.2) is 6.61 Å². The summed E-state index contributed by atoms with van der Waals surface area (Å²) in [5, 5.41) is 2.55. The number of esters is 1. The minimum atomic E-state index is -0.636. The molecule has 0 aromatic heterocycles. The van der Waals surface area contributed by atoms with Crippen LogP contribution in [0.5, 0.6) is 0 Å². The van der Waals surface area contributed by atoms with E-state index < -0.39 is 18.3 Å². The highest BCUT2D eigenvalue weighted by atomic mass is 35.5. The van der Waals surface area contributed by atoms with Gasteiger partial charge in [0.05, 0.1) is 11.6 Å². The summed E-state index contributed by atoms with van der Waals surface area (Å²) in [5.74, 6) is -1.37. The smallest absolute Gasteiger partial charge is 0.309 e. The van der Waals surface area contributed by atoms with Crippen molar-refractivity contribution in [2.75, 3.05) is 11.9 Å². The van der Waals surface area contributed by atoms with Crippen LogP contribution in [0.4, 0.5) is 10.1 Å². The molecule has 1 aromatic rings. The summed E-state index contributed by atoms with van der Waals surface area (Å²) in [5.41, 5.74) is 0.00485. The zero-order valence-corrected chi connectivity index (χ0v) is 11.0. The van der Waals surface area contributed by atoms with Crippen LogP contribution in [-0.4, -0.2) is 18.5 Å². The number of rotatable bonds is 4. The summed E-state index contributed by atoms with van der Waals surface area (Å²) in [7, 11) is 0. The van der Waals surface area contributed by atoms with Gasteiger partial charge in [-0.3, -0.25) is 9.59 Å². The van der Waals surface area contributed by atoms with Gasteiger partial charge >= 0.3 is 5.97 Å². The Hall–Kier alpha value is -1.62. The average molecular weight is 286 g/mol. The first-order chi connectivity index (χ1) is 8.97. The zero-order chi connectivity index (χ0) is 14.0. The fourth-order valence-electron chi connectivity index (χ4n) is 1.67. The number of carbonyl (C=O) groups excluding carboxylic acids is 2. The van der Waals surface area contributed by atoms with Crippen molar-refractivity contribution in [1.29, 1.82) is 0 Å². The lowest BCUT2D eigenvalue weighted by Crippen LogP contribution is -2.22. The van der Waals surface area contributed by atoms with Crippen molar-refractivity contribution < 1.29 is 18.7 Å². The second-order valence-corrected chi connectivity index (χ2v) is 5.04. The van der Waals surface area contributed by atoms with Crippen LogP contribution in [0.2, 0.25) is 5.02 Å². The highest BCUT2D eigenvalue weighted by Crippen LogP contribution is 2.38. The van der Waals surface area contributed by atoms with Gasteiger partial charge in [-0.05, 0) is 30.5 Å². The molecule has 1 fully saturated rings. The first-order valence-corrected chi connectivity index (χ1v) is 6.26. The van der Waals surface area contributed by atoms with Crippen LogP contribution in [0.1, 0.15) is 13.3 Å². The minimum absolute atomic E-state index is 0.00485. The van der Waals surface area contributed by atoms with E-state index in [0.717, 1.165) is 12.5 Å². The third kappa shape index (κ3) is 3.67. The fraction of sp³-hybridized carbons (Fsp3) is 0.385. The molecule has 1 N–H and O–H groups in total. The van der Waals surface area contributed by atoms with Gasteiger partial charge in [0, 0.05) is 5.02 Å². The van der Waals surface area contributed by atoms with E-state index >= 15 is 0 Å². The van der Waals surface area contributed by atoms with Gasteiger partial charge in [-0.15, -0.1) is 0 Å². The highest BCUT2D eigenvalue weighted by Gasteiger charge is 2.40. The predicted octanol–water partition coefficient (Wildman–Crippen LogP) is 2.62. The summed E-state index contributed by atoms with van der Waals surface area (Å²) >= 11 is 5.59. The molecule has 0 aliphatic heterocycles. The number of carbonyl (C=O) groups is 2. The largest absolute Gasteiger partial charge is 0.455 e. The normalized spacial score (nSPS) is 20.8. The summed E-state index contributed by atoms with van der Waals surface area (Å²) in [6.45, 7) is 1.53. The topological polar surface area (TPSA) is 55.4 Å². The quantitative estimate of drug-likeness (QED) is 0.865. The third-order valence-corrected chi connectivity index (χ3v) is 3.20. The van der Waals surface area contributed by atoms with Crippen molar-refractivity contribution >= 4 is 29.2 Å². The molecule has 1 aliphatic rings. The van der Waals surface area contributed by atoms with E-state index in [1.165, 1.54) is 12.1 Å². The van der Waals surface area contributed by atoms with Crippen LogP contribution in [0.3, 0.4) is 0 Å². The van der Waals surface area contributed by atoms with Gasteiger partial charge < -0.3 is 10.1 Å². The van der Waals surface area contributed by atoms with E-state index in [-0.39, 0.29) is 22.6 Å². The number of hydrogen-bond donors (Lipinski definition) is 1. The van der Waals surface area contributed by atoms with Crippen LogP contribution in [0.25, 0.3) is 0 Å². The van der Waals surface area contributed by atoms with Crippen molar-refractivity contribution in [1.82, 2.24) is 0 Å². The van der Waals surface area contributed by atoms with Crippen molar-refractivity contribution in [3.8, 4) is 0 Å². The molecule has 2 rings (SSSR count). The number of anilines is 1. The number of amides is 1. The monoisotopic (exact) mass is 285 g/mol. The molecule has 102 valence electrons. The number of nitrogens with one attached hydrogen (secondary N) is 1. The van der Waals surface area contributed by atoms with E-state index in [0.29, 0.717) is 5.92 Å². The Bertz CT molecular complexity index is 521. The van der Waals surface area contributed by atoms with Gasteiger partial charge in [0.1, 0.15) is 5.82 Å². The lowest BCUT2D eigenvalue weighted by molar-refractivity contribution is -0.148. The van der Waals surface area contributed by atoms with Crippen molar-refractivity contribution in [3.63, 3.8) is 0 Å². The highest BCUT2D eigenvalue weighted by molar-refractivity contribution is 6.30. The molecular weight excluding hydrogens is 273 g/mol. The summed E-state index contributed by atoms with van der Waals surface area (Å²) in [6, 6.07) is 3.90. The Morgan fingerprint density at radius 3 is 2.79 bits per heavy atom. The first-order valence-electron chi connectivity index (χ1n) is 5.89. The Kier molecular flexibility index (Phi) is 4.04. The van der Waals surface area contributed by atoms with Crippen molar-refractivity contribution in [3.05, 3.63) is 29.0 Å². The molecule has 4 nitrogen and oxygen atoms in total. The van der Waals surface area contributed by atoms with Crippen LogP contribution >= 0.6 is 11.6 Å². The van der Waals surface area contributed by atoms with Crippen molar-refractivity contribution in [2.24, 2.45) is 11.8 Å². The molecule has 19 heavy (non-hydrogen) atoms. The number of hydrogen-bond acceptors (Lipinski definition) is 3. The molecule has 0 saturated heterocycles. The lowest BCUT2D eigenvalue weighted by atomic mass is 10.3. The van der Waals surface area contributed by atoms with Gasteiger partial charge in [0.25, 0.3) is 5.91 Å². The van der Waals surface area contributed by atoms with Crippen LogP contribution in [0, 0.1) is 17.7 Å². The van der Waals surface area contributed by atoms with Gasteiger partial charge in [0.2, 0.25) is 0 Å². The summed E-state index contributed by atoms with van der Waals surface area (Å²) in [6.07, 6.45) is 0.798. The molecule has 0 spiro atoms. The van der Waals surface area contributed by atoms with Gasteiger partial charge in [-0.2, -0.15) is 0 Å².